The highest BCUT2D eigenvalue weighted by molar-refractivity contribution is 6.14. The highest BCUT2D eigenvalue weighted by Gasteiger charge is 2.38. The Morgan fingerprint density at radius 2 is 1.40 bits per heavy atom. The number of benzene rings is 7. The van der Waals surface area contributed by atoms with E-state index in [1.807, 2.05) is 12.1 Å². The van der Waals surface area contributed by atoms with E-state index in [2.05, 4.69) is 178 Å². The molecule has 0 atom stereocenters. The van der Waals surface area contributed by atoms with Crippen LogP contribution in [-0.2, 0) is 5.41 Å². The number of hydrogen-bond donors (Lipinski definition) is 0. The van der Waals surface area contributed by atoms with Crippen LogP contribution in [0.1, 0.15) is 43.0 Å². The molecule has 3 heteroatoms. The second kappa shape index (κ2) is 11.7. The van der Waals surface area contributed by atoms with E-state index in [-0.39, 0.29) is 5.41 Å². The summed E-state index contributed by atoms with van der Waals surface area (Å²) in [6, 6.07) is 50.1. The van der Waals surface area contributed by atoms with Crippen molar-refractivity contribution < 1.29 is 0 Å². The van der Waals surface area contributed by atoms with Crippen LogP contribution in [-0.4, -0.2) is 14.5 Å². The Kier molecular flexibility index (Phi) is 6.90. The van der Waals surface area contributed by atoms with Crippen molar-refractivity contribution in [1.82, 2.24) is 14.5 Å². The summed E-state index contributed by atoms with van der Waals surface area (Å²) in [5, 5.41) is 5.79. The van der Waals surface area contributed by atoms with E-state index in [1.165, 1.54) is 49.6 Å². The molecule has 9 aromatic rings. The van der Waals surface area contributed by atoms with Gasteiger partial charge < -0.3 is 4.57 Å². The minimum Gasteiger partial charge on any atom is -0.309 e. The van der Waals surface area contributed by atoms with Gasteiger partial charge in [0.2, 0.25) is 0 Å². The average molecular weight is 680 g/mol. The van der Waals surface area contributed by atoms with Crippen molar-refractivity contribution in [2.75, 3.05) is 0 Å². The maximum Gasteiger partial charge on any atom is 0.161 e. The topological polar surface area (TPSA) is 30.7 Å². The fraction of sp³-hybridized carbons (Fsp3) is 0.0800. The first-order chi connectivity index (χ1) is 26.0. The van der Waals surface area contributed by atoms with Crippen molar-refractivity contribution >= 4 is 55.6 Å². The van der Waals surface area contributed by atoms with Crippen LogP contribution in [0.4, 0.5) is 0 Å². The molecule has 0 amide bonds. The highest BCUT2D eigenvalue weighted by Crippen LogP contribution is 2.53. The molecule has 0 bridgehead atoms. The van der Waals surface area contributed by atoms with Gasteiger partial charge in [0, 0.05) is 38.1 Å². The standard InChI is InChI=1S/C50H37N3/c1-5-16-34-31(6-2)27-28-36-39-29-40-35-21-11-13-25-43(35)53(45(40)30-41(39)50(3,4)47(34)36)44-26-15-20-32-19-14-23-38(46(32)44)49-51-42-24-12-10-22-37(42)48(52-49)33-17-8-7-9-18-33/h5-30H,2H2,1,3-4H3/b16-5-. The molecular formula is C50H37N3. The van der Waals surface area contributed by atoms with Crippen LogP contribution in [0.25, 0.3) is 95.1 Å². The SMILES string of the molecule is C=Cc1ccc2c(c1/C=C\C)C(C)(C)c1cc3c(cc1-2)c1ccccc1n3-c1cccc2cccc(-c3nc(-c4ccccc4)c4ccccc4n3)c12. The molecule has 0 saturated heterocycles. The molecule has 2 heterocycles. The molecule has 0 fully saturated rings. The zero-order chi connectivity index (χ0) is 35.8. The smallest absolute Gasteiger partial charge is 0.161 e. The minimum atomic E-state index is -0.218. The molecule has 0 aliphatic heterocycles. The highest BCUT2D eigenvalue weighted by atomic mass is 15.0. The summed E-state index contributed by atoms with van der Waals surface area (Å²) in [5.41, 5.74) is 14.9. The van der Waals surface area contributed by atoms with Gasteiger partial charge in [-0.25, -0.2) is 9.97 Å². The van der Waals surface area contributed by atoms with Gasteiger partial charge in [-0.05, 0) is 76.0 Å². The van der Waals surface area contributed by atoms with E-state index in [1.54, 1.807) is 0 Å². The largest absolute Gasteiger partial charge is 0.309 e. The lowest BCUT2D eigenvalue weighted by atomic mass is 9.79. The van der Waals surface area contributed by atoms with Gasteiger partial charge in [0.1, 0.15) is 0 Å². The molecule has 2 aromatic heterocycles. The molecule has 0 N–H and O–H groups in total. The number of para-hydroxylation sites is 2. The van der Waals surface area contributed by atoms with Crippen LogP contribution in [0, 0.1) is 0 Å². The molecule has 0 unspecified atom stereocenters. The third-order valence-corrected chi connectivity index (χ3v) is 11.2. The first kappa shape index (κ1) is 31.2. The van der Waals surface area contributed by atoms with Crippen molar-refractivity contribution in [3.8, 4) is 39.5 Å². The molecule has 53 heavy (non-hydrogen) atoms. The molecule has 252 valence electrons. The van der Waals surface area contributed by atoms with Gasteiger partial charge in [-0.2, -0.15) is 0 Å². The van der Waals surface area contributed by atoms with E-state index in [0.717, 1.165) is 49.7 Å². The average Bonchev–Trinajstić information content (AvgIpc) is 3.64. The third-order valence-electron chi connectivity index (χ3n) is 11.2. The summed E-state index contributed by atoms with van der Waals surface area (Å²) >= 11 is 0. The molecule has 0 saturated carbocycles. The molecule has 1 aliphatic rings. The van der Waals surface area contributed by atoms with Gasteiger partial charge in [0.15, 0.2) is 5.82 Å². The fourth-order valence-corrected chi connectivity index (χ4v) is 8.91. The van der Waals surface area contributed by atoms with Crippen LogP contribution in [0.2, 0.25) is 0 Å². The lowest BCUT2D eigenvalue weighted by Gasteiger charge is -2.25. The molecule has 7 aromatic carbocycles. The Hall–Kier alpha value is -6.58. The van der Waals surface area contributed by atoms with Crippen molar-refractivity contribution in [3.05, 3.63) is 174 Å². The van der Waals surface area contributed by atoms with Crippen LogP contribution in [0.5, 0.6) is 0 Å². The van der Waals surface area contributed by atoms with Gasteiger partial charge in [0.25, 0.3) is 0 Å². The number of hydrogen-bond acceptors (Lipinski definition) is 2. The Bertz CT molecular complexity index is 2990. The Morgan fingerprint density at radius 1 is 0.642 bits per heavy atom. The number of allylic oxidation sites excluding steroid dienone is 1. The van der Waals surface area contributed by atoms with Gasteiger partial charge in [-0.3, -0.25) is 0 Å². The van der Waals surface area contributed by atoms with Crippen molar-refractivity contribution in [2.24, 2.45) is 0 Å². The van der Waals surface area contributed by atoms with E-state index >= 15 is 0 Å². The van der Waals surface area contributed by atoms with Crippen molar-refractivity contribution in [1.29, 1.82) is 0 Å². The maximum absolute atomic E-state index is 5.33. The molecule has 3 nitrogen and oxygen atoms in total. The van der Waals surface area contributed by atoms with Gasteiger partial charge in [0.05, 0.1) is 27.9 Å². The number of fused-ring (bicyclic) bond motifs is 8. The van der Waals surface area contributed by atoms with E-state index < -0.39 is 0 Å². The van der Waals surface area contributed by atoms with Crippen LogP contribution in [0.15, 0.2) is 152 Å². The van der Waals surface area contributed by atoms with E-state index in [4.69, 9.17) is 9.97 Å². The summed E-state index contributed by atoms with van der Waals surface area (Å²) in [6.45, 7) is 11.0. The second-order valence-electron chi connectivity index (χ2n) is 14.5. The quantitative estimate of drug-likeness (QED) is 0.181. The molecule has 10 rings (SSSR count). The predicted octanol–water partition coefficient (Wildman–Crippen LogP) is 13.2. The van der Waals surface area contributed by atoms with Crippen molar-refractivity contribution in [3.63, 3.8) is 0 Å². The summed E-state index contributed by atoms with van der Waals surface area (Å²) < 4.78 is 2.47. The predicted molar refractivity (Wildman–Crippen MR) is 225 cm³/mol. The monoisotopic (exact) mass is 679 g/mol. The zero-order valence-electron chi connectivity index (χ0n) is 30.1. The van der Waals surface area contributed by atoms with E-state index in [0.29, 0.717) is 5.82 Å². The molecular weight excluding hydrogens is 643 g/mol. The number of rotatable bonds is 5. The van der Waals surface area contributed by atoms with Crippen LogP contribution < -0.4 is 0 Å². The second-order valence-corrected chi connectivity index (χ2v) is 14.5. The number of nitrogens with zero attached hydrogens (tertiary/aromatic N) is 3. The summed E-state index contributed by atoms with van der Waals surface area (Å²) in [5.74, 6) is 0.716. The lowest BCUT2D eigenvalue weighted by molar-refractivity contribution is 0.659. The number of aromatic nitrogens is 3. The zero-order valence-corrected chi connectivity index (χ0v) is 30.1. The third kappa shape index (κ3) is 4.53. The van der Waals surface area contributed by atoms with Crippen LogP contribution in [0.3, 0.4) is 0 Å². The summed E-state index contributed by atoms with van der Waals surface area (Å²) in [7, 11) is 0. The molecule has 0 radical (unpaired) electrons. The normalized spacial score (nSPS) is 13.3. The maximum atomic E-state index is 5.33. The summed E-state index contributed by atoms with van der Waals surface area (Å²) in [4.78, 5) is 10.6. The first-order valence-electron chi connectivity index (χ1n) is 18.3. The van der Waals surface area contributed by atoms with Gasteiger partial charge in [-0.15, -0.1) is 0 Å². The van der Waals surface area contributed by atoms with Crippen LogP contribution >= 0.6 is 0 Å². The molecule has 1 aliphatic carbocycles. The Morgan fingerprint density at radius 3 is 2.21 bits per heavy atom. The van der Waals surface area contributed by atoms with Gasteiger partial charge in [-0.1, -0.05) is 148 Å². The Balaban J connectivity index is 1.28. The molecule has 0 spiro atoms. The van der Waals surface area contributed by atoms with Gasteiger partial charge >= 0.3 is 0 Å². The summed E-state index contributed by atoms with van der Waals surface area (Å²) in [6.07, 6.45) is 6.36. The first-order valence-corrected chi connectivity index (χ1v) is 18.3. The van der Waals surface area contributed by atoms with E-state index in [9.17, 15) is 0 Å². The lowest BCUT2D eigenvalue weighted by Crippen LogP contribution is -2.17. The minimum absolute atomic E-state index is 0.218. The van der Waals surface area contributed by atoms with Crippen molar-refractivity contribution in [2.45, 2.75) is 26.2 Å². The fourth-order valence-electron chi connectivity index (χ4n) is 8.91. The Labute approximate surface area is 309 Å².